The van der Waals surface area contributed by atoms with Gasteiger partial charge in [-0.25, -0.2) is 0 Å². The zero-order chi connectivity index (χ0) is 30.7. The molecule has 0 saturated heterocycles. The Morgan fingerprint density at radius 3 is 2.47 bits per heavy atom. The van der Waals surface area contributed by atoms with Gasteiger partial charge < -0.3 is 14.8 Å². The highest BCUT2D eigenvalue weighted by atomic mass is 19.4. The molecular weight excluding hydrogens is 576 g/mol. The Kier molecular flexibility index (Phi) is 7.31. The van der Waals surface area contributed by atoms with Crippen molar-refractivity contribution in [2.75, 3.05) is 4.90 Å². The second kappa shape index (κ2) is 10.6. The monoisotopic (exact) mass is 607 g/mol. The maximum absolute atomic E-state index is 14.2. The quantitative estimate of drug-likeness (QED) is 0.297. The molecule has 2 aromatic carbocycles. The first kappa shape index (κ1) is 29.6. The lowest BCUT2D eigenvalue weighted by atomic mass is 9.70. The number of hydrogen-bond acceptors (Lipinski definition) is 5. The number of aromatic nitrogens is 3. The highest BCUT2D eigenvalue weighted by Gasteiger charge is 2.45. The first-order valence-electron chi connectivity index (χ1n) is 14.2. The molecule has 1 atom stereocenters. The van der Waals surface area contributed by atoms with E-state index in [1.165, 1.54) is 11.2 Å². The molecule has 0 radical (unpaired) electrons. The van der Waals surface area contributed by atoms with Gasteiger partial charge in [-0.1, -0.05) is 12.1 Å². The fourth-order valence-corrected chi connectivity index (χ4v) is 6.49. The van der Waals surface area contributed by atoms with Gasteiger partial charge in [0.1, 0.15) is 12.2 Å². The molecule has 6 rings (SSSR count). The lowest BCUT2D eigenvalue weighted by Crippen LogP contribution is -2.47. The SMILES string of the molecule is Cn1cnnc1C(c1cccc(N2Cc3c(cc(CNC4(C)CCC4)cc3C(F)(F)F)C2=O)c1)[C@H]1C[C@H](OC(F)(F)F)C1. The highest BCUT2D eigenvalue weighted by molar-refractivity contribution is 6.10. The molecule has 0 bridgehead atoms. The average Bonchev–Trinajstić information content (AvgIpc) is 3.46. The molecule has 1 unspecified atom stereocenters. The maximum Gasteiger partial charge on any atom is 0.522 e. The Balaban J connectivity index is 1.29. The van der Waals surface area contributed by atoms with E-state index in [0.717, 1.165) is 25.3 Å². The molecule has 43 heavy (non-hydrogen) atoms. The van der Waals surface area contributed by atoms with Gasteiger partial charge in [-0.2, -0.15) is 13.2 Å². The van der Waals surface area contributed by atoms with Crippen molar-refractivity contribution in [3.8, 4) is 0 Å². The predicted molar refractivity (Wildman–Crippen MR) is 144 cm³/mol. The van der Waals surface area contributed by atoms with E-state index in [-0.39, 0.29) is 48.5 Å². The number of rotatable bonds is 8. The lowest BCUT2D eigenvalue weighted by molar-refractivity contribution is -0.354. The second-order valence-corrected chi connectivity index (χ2v) is 12.1. The number of amides is 1. The number of hydrogen-bond donors (Lipinski definition) is 1. The summed E-state index contributed by atoms with van der Waals surface area (Å²) in [6, 6.07) is 9.48. The number of aryl methyl sites for hydroxylation is 1. The van der Waals surface area contributed by atoms with E-state index < -0.39 is 36.0 Å². The van der Waals surface area contributed by atoms with Gasteiger partial charge in [0.2, 0.25) is 0 Å². The summed E-state index contributed by atoms with van der Waals surface area (Å²) in [5.41, 5.74) is 0.461. The molecule has 13 heteroatoms. The normalized spacial score (nSPS) is 22.2. The van der Waals surface area contributed by atoms with E-state index in [4.69, 9.17) is 0 Å². The molecule has 2 aliphatic carbocycles. The molecule has 1 aliphatic heterocycles. The summed E-state index contributed by atoms with van der Waals surface area (Å²) in [4.78, 5) is 14.9. The fourth-order valence-electron chi connectivity index (χ4n) is 6.49. The largest absolute Gasteiger partial charge is 0.522 e. The summed E-state index contributed by atoms with van der Waals surface area (Å²) >= 11 is 0. The van der Waals surface area contributed by atoms with Crippen molar-refractivity contribution in [2.45, 2.75) is 82.2 Å². The Labute approximate surface area is 244 Å². The summed E-state index contributed by atoms with van der Waals surface area (Å²) in [5, 5.41) is 11.5. The number of alkyl halides is 6. The summed E-state index contributed by atoms with van der Waals surface area (Å²) in [6.45, 7) is 2.00. The molecular formula is C30H31F6N5O2. The molecule has 2 saturated carbocycles. The lowest BCUT2D eigenvalue weighted by Gasteiger charge is -2.40. The van der Waals surface area contributed by atoms with Crippen molar-refractivity contribution >= 4 is 11.6 Å². The number of anilines is 1. The van der Waals surface area contributed by atoms with Gasteiger partial charge in [0.05, 0.1) is 18.2 Å². The van der Waals surface area contributed by atoms with Crippen LogP contribution in [0, 0.1) is 5.92 Å². The highest BCUT2D eigenvalue weighted by Crippen LogP contribution is 2.47. The number of halogens is 6. The summed E-state index contributed by atoms with van der Waals surface area (Å²) in [7, 11) is 1.73. The predicted octanol–water partition coefficient (Wildman–Crippen LogP) is 6.47. The van der Waals surface area contributed by atoms with Crippen molar-refractivity contribution < 1.29 is 35.9 Å². The minimum absolute atomic E-state index is 0.0202. The number of carbonyl (C=O) groups is 1. The molecule has 7 nitrogen and oxygen atoms in total. The van der Waals surface area contributed by atoms with Crippen LogP contribution in [0.3, 0.4) is 0 Å². The molecule has 2 heterocycles. The number of carbonyl (C=O) groups excluding carboxylic acids is 1. The van der Waals surface area contributed by atoms with Crippen LogP contribution in [-0.2, 0) is 31.1 Å². The summed E-state index contributed by atoms with van der Waals surface area (Å²) in [5.74, 6) is -0.717. The van der Waals surface area contributed by atoms with E-state index in [0.29, 0.717) is 22.6 Å². The van der Waals surface area contributed by atoms with Gasteiger partial charge in [0.25, 0.3) is 5.91 Å². The van der Waals surface area contributed by atoms with E-state index >= 15 is 0 Å². The van der Waals surface area contributed by atoms with Crippen LogP contribution in [0.2, 0.25) is 0 Å². The molecule has 0 spiro atoms. The molecule has 3 aromatic rings. The Hall–Kier alpha value is -3.45. The molecule has 1 amide bonds. The topological polar surface area (TPSA) is 72.3 Å². The van der Waals surface area contributed by atoms with Crippen LogP contribution in [0.25, 0.3) is 0 Å². The van der Waals surface area contributed by atoms with Crippen LogP contribution in [0.1, 0.15) is 83.4 Å². The van der Waals surface area contributed by atoms with E-state index in [2.05, 4.69) is 20.3 Å². The first-order valence-corrected chi connectivity index (χ1v) is 14.2. The molecule has 230 valence electrons. The smallest absolute Gasteiger partial charge is 0.320 e. The third-order valence-electron chi connectivity index (χ3n) is 9.05. The Morgan fingerprint density at radius 1 is 1.12 bits per heavy atom. The van der Waals surface area contributed by atoms with Crippen molar-refractivity contribution in [1.82, 2.24) is 20.1 Å². The Morgan fingerprint density at radius 2 is 1.86 bits per heavy atom. The second-order valence-electron chi connectivity index (χ2n) is 12.1. The fraction of sp³-hybridized carbons (Fsp3) is 0.500. The van der Waals surface area contributed by atoms with Gasteiger partial charge in [0, 0.05) is 36.3 Å². The third kappa shape index (κ3) is 5.88. The standard InChI is InChI=1S/C30H31F6N5O2/c1-28(7-4-8-28)37-14-17-9-22-23(24(10-17)29(31,32)33)15-41(27(22)42)20-6-3-5-18(11-20)25(26-39-38-16-40(26)2)19-12-21(13-19)43-30(34,35)36/h3,5-6,9-11,16,19,21,25,37H,4,7-8,12-15H2,1-2H3/t19-,21-,25?. The third-order valence-corrected chi connectivity index (χ3v) is 9.05. The van der Waals surface area contributed by atoms with Crippen LogP contribution in [0.5, 0.6) is 0 Å². The molecule has 1 aromatic heterocycles. The Bertz CT molecular complexity index is 1520. The molecule has 3 aliphatic rings. The summed E-state index contributed by atoms with van der Waals surface area (Å²) < 4.78 is 86.8. The van der Waals surface area contributed by atoms with E-state index in [1.807, 2.05) is 6.92 Å². The van der Waals surface area contributed by atoms with Crippen LogP contribution in [0.15, 0.2) is 42.7 Å². The van der Waals surface area contributed by atoms with Gasteiger partial charge in [0.15, 0.2) is 0 Å². The van der Waals surface area contributed by atoms with Crippen molar-refractivity contribution in [3.05, 3.63) is 76.4 Å². The number of nitrogens with one attached hydrogen (secondary N) is 1. The van der Waals surface area contributed by atoms with Crippen molar-refractivity contribution in [3.63, 3.8) is 0 Å². The van der Waals surface area contributed by atoms with Gasteiger partial charge in [-0.3, -0.25) is 9.53 Å². The molecule has 2 fully saturated rings. The van der Waals surface area contributed by atoms with Crippen molar-refractivity contribution in [1.29, 1.82) is 0 Å². The van der Waals surface area contributed by atoms with E-state index in [1.54, 1.807) is 41.9 Å². The minimum atomic E-state index is -4.73. The van der Waals surface area contributed by atoms with Gasteiger partial charge >= 0.3 is 12.5 Å². The zero-order valence-electron chi connectivity index (χ0n) is 23.6. The first-order chi connectivity index (χ1) is 20.2. The number of benzene rings is 2. The minimum Gasteiger partial charge on any atom is -0.320 e. The van der Waals surface area contributed by atoms with Crippen LogP contribution < -0.4 is 10.2 Å². The number of ether oxygens (including phenoxy) is 1. The van der Waals surface area contributed by atoms with Gasteiger partial charge in [-0.05, 0) is 85.9 Å². The summed E-state index contributed by atoms with van der Waals surface area (Å²) in [6.07, 6.45) is -5.64. The zero-order valence-corrected chi connectivity index (χ0v) is 23.6. The van der Waals surface area contributed by atoms with Crippen LogP contribution in [0.4, 0.5) is 32.0 Å². The van der Waals surface area contributed by atoms with Gasteiger partial charge in [-0.15, -0.1) is 23.4 Å². The average molecular weight is 608 g/mol. The maximum atomic E-state index is 14.2. The number of fused-ring (bicyclic) bond motifs is 1. The molecule has 1 N–H and O–H groups in total. The number of nitrogens with zero attached hydrogens (tertiary/aromatic N) is 4. The van der Waals surface area contributed by atoms with Crippen LogP contribution in [-0.4, -0.2) is 38.7 Å². The van der Waals surface area contributed by atoms with E-state index in [9.17, 15) is 31.1 Å². The van der Waals surface area contributed by atoms with Crippen LogP contribution >= 0.6 is 0 Å². The van der Waals surface area contributed by atoms with Crippen molar-refractivity contribution in [2.24, 2.45) is 13.0 Å².